The van der Waals surface area contributed by atoms with Gasteiger partial charge in [0.05, 0.1) is 24.0 Å². The number of nitrogens with one attached hydrogen (secondary N) is 1. The molecule has 0 bridgehead atoms. The van der Waals surface area contributed by atoms with Gasteiger partial charge in [0.15, 0.2) is 5.69 Å². The monoisotopic (exact) mass is 515 g/mol. The Bertz CT molecular complexity index is 1240. The number of carbonyl (C=O) groups is 2. The van der Waals surface area contributed by atoms with Crippen LogP contribution in [0.4, 0.5) is 4.39 Å². The van der Waals surface area contributed by atoms with Crippen LogP contribution in [0.5, 0.6) is 5.75 Å². The topological polar surface area (TPSA) is 93.4 Å². The Labute approximate surface area is 198 Å². The Hall–Kier alpha value is -3.20. The largest absolute Gasteiger partial charge is 0.496 e. The van der Waals surface area contributed by atoms with E-state index in [-0.39, 0.29) is 12.1 Å². The van der Waals surface area contributed by atoms with Crippen molar-refractivity contribution in [1.82, 2.24) is 15.1 Å². The second-order valence-electron chi connectivity index (χ2n) is 8.01. The number of carboxylic acid groups (broad SMARTS) is 1. The van der Waals surface area contributed by atoms with Crippen LogP contribution in [0, 0.1) is 12.7 Å². The summed E-state index contributed by atoms with van der Waals surface area (Å²) in [6.45, 7) is 1.86. The molecule has 1 atom stereocenters. The molecule has 0 aliphatic heterocycles. The van der Waals surface area contributed by atoms with Gasteiger partial charge in [-0.2, -0.15) is 5.10 Å². The minimum absolute atomic E-state index is 0.200. The van der Waals surface area contributed by atoms with Crippen LogP contribution in [0.15, 0.2) is 40.9 Å². The van der Waals surface area contributed by atoms with Gasteiger partial charge in [0.2, 0.25) is 0 Å². The Morgan fingerprint density at radius 1 is 1.27 bits per heavy atom. The van der Waals surface area contributed by atoms with Crippen molar-refractivity contribution in [2.45, 2.75) is 38.6 Å². The van der Waals surface area contributed by atoms with Crippen molar-refractivity contribution < 1.29 is 23.8 Å². The number of carboxylic acids is 1. The van der Waals surface area contributed by atoms with Gasteiger partial charge >= 0.3 is 5.97 Å². The molecule has 4 rings (SSSR count). The van der Waals surface area contributed by atoms with Crippen LogP contribution < -0.4 is 10.1 Å². The Morgan fingerprint density at radius 3 is 2.76 bits per heavy atom. The summed E-state index contributed by atoms with van der Waals surface area (Å²) in [7, 11) is 1.53. The molecule has 0 spiro atoms. The smallest absolute Gasteiger partial charge is 0.305 e. The highest BCUT2D eigenvalue weighted by molar-refractivity contribution is 9.10. The fourth-order valence-electron chi connectivity index (χ4n) is 4.16. The van der Waals surface area contributed by atoms with Crippen molar-refractivity contribution in [2.24, 2.45) is 0 Å². The molecule has 1 amide bonds. The van der Waals surface area contributed by atoms with E-state index in [1.165, 1.54) is 17.9 Å². The van der Waals surface area contributed by atoms with Gasteiger partial charge in [0.25, 0.3) is 5.91 Å². The highest BCUT2D eigenvalue weighted by Gasteiger charge is 2.29. The van der Waals surface area contributed by atoms with Crippen LogP contribution in [0.2, 0.25) is 0 Å². The van der Waals surface area contributed by atoms with Crippen LogP contribution >= 0.6 is 15.9 Å². The zero-order chi connectivity index (χ0) is 23.7. The number of nitrogens with zero attached hydrogens (tertiary/aromatic N) is 2. The Morgan fingerprint density at radius 2 is 2.06 bits per heavy atom. The number of halogens is 2. The molecule has 2 N–H and O–H groups in total. The number of aryl methyl sites for hydroxylation is 1. The lowest BCUT2D eigenvalue weighted by molar-refractivity contribution is -0.137. The maximum absolute atomic E-state index is 14.6. The number of methoxy groups -OCH3 is 1. The molecule has 172 valence electrons. The fraction of sp³-hybridized carbons (Fsp3) is 0.292. The third kappa shape index (κ3) is 4.64. The molecule has 1 unspecified atom stereocenters. The van der Waals surface area contributed by atoms with Crippen molar-refractivity contribution in [2.75, 3.05) is 7.11 Å². The molecule has 33 heavy (non-hydrogen) atoms. The van der Waals surface area contributed by atoms with Crippen molar-refractivity contribution in [3.05, 3.63) is 74.8 Å². The minimum atomic E-state index is -1.05. The molecule has 3 aromatic rings. The van der Waals surface area contributed by atoms with Gasteiger partial charge in [-0.25, -0.2) is 9.07 Å². The summed E-state index contributed by atoms with van der Waals surface area (Å²) in [5.41, 5.74) is 3.58. The first kappa shape index (κ1) is 23.0. The first-order valence-electron chi connectivity index (χ1n) is 10.5. The highest BCUT2D eigenvalue weighted by atomic mass is 79.9. The average molecular weight is 516 g/mol. The van der Waals surface area contributed by atoms with E-state index in [0.29, 0.717) is 34.3 Å². The third-order valence-electron chi connectivity index (χ3n) is 5.74. The minimum Gasteiger partial charge on any atom is -0.496 e. The molecule has 1 aromatic heterocycles. The van der Waals surface area contributed by atoms with Crippen molar-refractivity contribution in [1.29, 1.82) is 0 Å². The van der Waals surface area contributed by atoms with E-state index in [1.54, 1.807) is 30.3 Å². The van der Waals surface area contributed by atoms with E-state index in [2.05, 4.69) is 26.3 Å². The molecule has 1 heterocycles. The number of aromatic nitrogens is 2. The van der Waals surface area contributed by atoms with E-state index >= 15 is 0 Å². The van der Waals surface area contributed by atoms with Crippen molar-refractivity contribution >= 4 is 27.8 Å². The predicted molar refractivity (Wildman–Crippen MR) is 123 cm³/mol. The van der Waals surface area contributed by atoms with E-state index in [4.69, 9.17) is 4.74 Å². The summed E-state index contributed by atoms with van der Waals surface area (Å²) in [6.07, 6.45) is 1.88. The zero-order valence-electron chi connectivity index (χ0n) is 18.2. The molecule has 1 aliphatic carbocycles. The first-order chi connectivity index (χ1) is 15.8. The van der Waals surface area contributed by atoms with Crippen LogP contribution in [0.3, 0.4) is 0 Å². The van der Waals surface area contributed by atoms with Crippen LogP contribution in [0.1, 0.15) is 51.8 Å². The van der Waals surface area contributed by atoms with E-state index in [1.807, 2.05) is 6.92 Å². The number of rotatable bonds is 7. The molecule has 1 aliphatic rings. The fourth-order valence-corrected chi connectivity index (χ4v) is 4.72. The van der Waals surface area contributed by atoms with Gasteiger partial charge in [-0.3, -0.25) is 9.59 Å². The molecule has 0 radical (unpaired) electrons. The van der Waals surface area contributed by atoms with Crippen LogP contribution in [-0.2, 0) is 17.6 Å². The summed E-state index contributed by atoms with van der Waals surface area (Å²) in [4.78, 5) is 24.8. The van der Waals surface area contributed by atoms with Gasteiger partial charge < -0.3 is 15.2 Å². The van der Waals surface area contributed by atoms with Gasteiger partial charge in [0, 0.05) is 11.3 Å². The van der Waals surface area contributed by atoms with E-state index in [9.17, 15) is 19.1 Å². The second-order valence-corrected chi connectivity index (χ2v) is 8.87. The van der Waals surface area contributed by atoms with Gasteiger partial charge in [-0.1, -0.05) is 12.1 Å². The standard InChI is InChI=1S/C24H23BrFN3O4/c1-13-6-8-17(26)20(10-13)29-19-5-3-4-15(19)23(28-29)24(32)27-18(12-22(30)31)14-7-9-21(33-2)16(25)11-14/h6-11,18H,3-5,12H2,1-2H3,(H,27,32)(H,30,31). The zero-order valence-corrected chi connectivity index (χ0v) is 19.8. The second kappa shape index (κ2) is 9.35. The number of aliphatic carboxylic acids is 1. The van der Waals surface area contributed by atoms with Gasteiger partial charge in [-0.15, -0.1) is 0 Å². The summed E-state index contributed by atoms with van der Waals surface area (Å²) >= 11 is 3.40. The maximum atomic E-state index is 14.6. The summed E-state index contributed by atoms with van der Waals surface area (Å²) < 4.78 is 22.0. The molecular formula is C24H23BrFN3O4. The predicted octanol–water partition coefficient (Wildman–Crippen LogP) is 4.53. The number of fused-ring (bicyclic) bond motifs is 1. The number of amides is 1. The third-order valence-corrected chi connectivity index (χ3v) is 6.36. The molecule has 0 saturated carbocycles. The number of carbonyl (C=O) groups excluding carboxylic acids is 1. The molecule has 7 nitrogen and oxygen atoms in total. The van der Waals surface area contributed by atoms with Crippen molar-refractivity contribution in [3.63, 3.8) is 0 Å². The lowest BCUT2D eigenvalue weighted by Gasteiger charge is -2.18. The number of hydrogen-bond acceptors (Lipinski definition) is 4. The molecule has 9 heteroatoms. The lowest BCUT2D eigenvalue weighted by atomic mass is 10.0. The number of hydrogen-bond donors (Lipinski definition) is 2. The Balaban J connectivity index is 1.69. The molecular weight excluding hydrogens is 493 g/mol. The quantitative estimate of drug-likeness (QED) is 0.482. The summed E-state index contributed by atoms with van der Waals surface area (Å²) in [5.74, 6) is -1.37. The van der Waals surface area contributed by atoms with Crippen LogP contribution in [-0.4, -0.2) is 33.9 Å². The van der Waals surface area contributed by atoms with Gasteiger partial charge in [0.1, 0.15) is 17.3 Å². The highest BCUT2D eigenvalue weighted by Crippen LogP contribution is 2.31. The average Bonchev–Trinajstić information content (AvgIpc) is 3.37. The molecule has 0 saturated heterocycles. The lowest BCUT2D eigenvalue weighted by Crippen LogP contribution is -2.31. The summed E-state index contributed by atoms with van der Waals surface area (Å²) in [6, 6.07) is 9.12. The summed E-state index contributed by atoms with van der Waals surface area (Å²) in [5, 5.41) is 16.7. The SMILES string of the molecule is COc1ccc(C(CC(=O)O)NC(=O)c2nn(-c3cc(C)ccc3F)c3c2CCC3)cc1Br. The Kier molecular flexibility index (Phi) is 6.51. The molecule has 2 aromatic carbocycles. The van der Waals surface area contributed by atoms with E-state index < -0.39 is 23.7 Å². The van der Waals surface area contributed by atoms with E-state index in [0.717, 1.165) is 23.2 Å². The first-order valence-corrected chi connectivity index (χ1v) is 11.3. The maximum Gasteiger partial charge on any atom is 0.305 e. The normalized spacial score (nSPS) is 13.5. The molecule has 0 fully saturated rings. The van der Waals surface area contributed by atoms with Gasteiger partial charge in [-0.05, 0) is 77.5 Å². The number of benzene rings is 2. The van der Waals surface area contributed by atoms with Crippen LogP contribution in [0.25, 0.3) is 5.69 Å². The number of ether oxygens (including phenoxy) is 1. The van der Waals surface area contributed by atoms with Crippen molar-refractivity contribution in [3.8, 4) is 11.4 Å².